The van der Waals surface area contributed by atoms with Gasteiger partial charge >= 0.3 is 0 Å². The Bertz CT molecular complexity index is 871. The molecule has 0 atom stereocenters. The summed E-state index contributed by atoms with van der Waals surface area (Å²) in [6.07, 6.45) is 2.51. The molecule has 3 rings (SSSR count). The fourth-order valence-electron chi connectivity index (χ4n) is 2.38. The maximum absolute atomic E-state index is 12.3. The van der Waals surface area contributed by atoms with Crippen LogP contribution < -0.4 is 0 Å². The Balaban J connectivity index is 1.81. The Morgan fingerprint density at radius 3 is 2.64 bits per heavy atom. The highest BCUT2D eigenvalue weighted by atomic mass is 32.2. The van der Waals surface area contributed by atoms with E-state index in [0.717, 1.165) is 12.0 Å². The maximum atomic E-state index is 12.3. The Kier molecular flexibility index (Phi) is 5.00. The van der Waals surface area contributed by atoms with Crippen LogP contribution in [0, 0.1) is 10.1 Å². The van der Waals surface area contributed by atoms with Crippen LogP contribution in [0.2, 0.25) is 0 Å². The molecule has 2 aromatic rings. The number of hydrogen-bond acceptors (Lipinski definition) is 6. The van der Waals surface area contributed by atoms with Crippen LogP contribution in [0.4, 0.5) is 5.69 Å². The lowest BCUT2D eigenvalue weighted by Crippen LogP contribution is -2.28. The van der Waals surface area contributed by atoms with Crippen LogP contribution in [0.25, 0.3) is 17.4 Å². The largest absolute Gasteiger partial charge is 0.457 e. The van der Waals surface area contributed by atoms with Gasteiger partial charge in [0, 0.05) is 30.3 Å². The third-order valence-corrected chi connectivity index (χ3v) is 4.96. The van der Waals surface area contributed by atoms with Crippen molar-refractivity contribution in [3.05, 3.63) is 57.2 Å². The van der Waals surface area contributed by atoms with E-state index in [1.165, 1.54) is 23.9 Å². The number of benzene rings is 1. The van der Waals surface area contributed by atoms with E-state index in [1.807, 2.05) is 6.92 Å². The van der Waals surface area contributed by atoms with Gasteiger partial charge in [-0.1, -0.05) is 30.9 Å². The van der Waals surface area contributed by atoms with Crippen LogP contribution in [-0.4, -0.2) is 26.6 Å². The first kappa shape index (κ1) is 17.4. The van der Waals surface area contributed by atoms with Crippen LogP contribution in [0.5, 0.6) is 0 Å². The quantitative estimate of drug-likeness (QED) is 0.333. The molecule has 1 saturated heterocycles. The number of furan rings is 1. The number of thioether (sulfide) groups is 1. The van der Waals surface area contributed by atoms with Crippen molar-refractivity contribution in [3.8, 4) is 11.3 Å². The number of carbonyl (C=O) groups excluding carboxylic acids is 1. The summed E-state index contributed by atoms with van der Waals surface area (Å²) in [7, 11) is 0. The fraction of sp³-hybridized carbons (Fsp3) is 0.176. The molecule has 0 aliphatic carbocycles. The predicted octanol–water partition coefficient (Wildman–Crippen LogP) is 4.47. The molecule has 8 heteroatoms. The molecule has 1 aliphatic rings. The molecule has 1 fully saturated rings. The molecule has 0 bridgehead atoms. The van der Waals surface area contributed by atoms with Crippen LogP contribution >= 0.6 is 24.0 Å². The van der Waals surface area contributed by atoms with Crippen molar-refractivity contribution in [1.29, 1.82) is 0 Å². The third kappa shape index (κ3) is 3.64. The van der Waals surface area contributed by atoms with E-state index in [1.54, 1.807) is 35.2 Å². The summed E-state index contributed by atoms with van der Waals surface area (Å²) in [6, 6.07) is 9.62. The molecule has 0 saturated carbocycles. The van der Waals surface area contributed by atoms with E-state index in [4.69, 9.17) is 16.6 Å². The first-order chi connectivity index (χ1) is 12.0. The predicted molar refractivity (Wildman–Crippen MR) is 101 cm³/mol. The van der Waals surface area contributed by atoms with Gasteiger partial charge in [-0.3, -0.25) is 19.8 Å². The van der Waals surface area contributed by atoms with Crippen molar-refractivity contribution < 1.29 is 14.1 Å². The standard InChI is InChI=1S/C17H14N2O4S2/c1-2-9-18-16(20)15(25-17(18)24)10-13-7-8-14(23-13)11-3-5-12(6-4-11)19(21)22/h3-8,10H,2,9H2,1H3/b15-10+. The van der Waals surface area contributed by atoms with Crippen molar-refractivity contribution in [2.24, 2.45) is 0 Å². The molecule has 0 spiro atoms. The average Bonchev–Trinajstić information content (AvgIpc) is 3.16. The number of nitrogens with zero attached hydrogens (tertiary/aromatic N) is 2. The molecular formula is C17H14N2O4S2. The van der Waals surface area contributed by atoms with Crippen LogP contribution in [0.3, 0.4) is 0 Å². The second-order valence-corrected chi connectivity index (χ2v) is 7.02. The first-order valence-corrected chi connectivity index (χ1v) is 8.82. The summed E-state index contributed by atoms with van der Waals surface area (Å²) in [5.74, 6) is 1.00. The minimum absolute atomic E-state index is 0.0233. The highest BCUT2D eigenvalue weighted by Gasteiger charge is 2.31. The summed E-state index contributed by atoms with van der Waals surface area (Å²) >= 11 is 6.49. The number of rotatable bonds is 5. The van der Waals surface area contributed by atoms with Crippen molar-refractivity contribution in [3.63, 3.8) is 0 Å². The van der Waals surface area contributed by atoms with E-state index in [2.05, 4.69) is 0 Å². The zero-order valence-corrected chi connectivity index (χ0v) is 14.9. The summed E-state index contributed by atoms with van der Waals surface area (Å²) in [5, 5.41) is 10.7. The molecule has 0 radical (unpaired) electrons. The summed E-state index contributed by atoms with van der Waals surface area (Å²) in [6.45, 7) is 2.60. The van der Waals surface area contributed by atoms with Gasteiger partial charge in [-0.25, -0.2) is 0 Å². The van der Waals surface area contributed by atoms with Gasteiger partial charge in [-0.15, -0.1) is 0 Å². The highest BCUT2D eigenvalue weighted by Crippen LogP contribution is 2.33. The van der Waals surface area contributed by atoms with Crippen molar-refractivity contribution in [2.75, 3.05) is 6.54 Å². The smallest absolute Gasteiger partial charge is 0.269 e. The lowest BCUT2D eigenvalue weighted by atomic mass is 10.1. The average molecular weight is 374 g/mol. The zero-order chi connectivity index (χ0) is 18.0. The Hall–Kier alpha value is -2.45. The molecule has 25 heavy (non-hydrogen) atoms. The van der Waals surface area contributed by atoms with Gasteiger partial charge in [-0.2, -0.15) is 0 Å². The molecule has 128 valence electrons. The van der Waals surface area contributed by atoms with E-state index < -0.39 is 4.92 Å². The number of hydrogen-bond donors (Lipinski definition) is 0. The minimum Gasteiger partial charge on any atom is -0.457 e. The zero-order valence-electron chi connectivity index (χ0n) is 13.3. The van der Waals surface area contributed by atoms with Gasteiger partial charge < -0.3 is 4.42 Å². The normalized spacial score (nSPS) is 16.0. The van der Waals surface area contributed by atoms with Gasteiger partial charge in [-0.05, 0) is 30.7 Å². The van der Waals surface area contributed by atoms with Gasteiger partial charge in [0.15, 0.2) is 0 Å². The molecule has 1 aliphatic heterocycles. The van der Waals surface area contributed by atoms with Gasteiger partial charge in [0.25, 0.3) is 11.6 Å². The number of nitro benzene ring substituents is 1. The van der Waals surface area contributed by atoms with Crippen molar-refractivity contribution in [1.82, 2.24) is 4.90 Å². The fourth-order valence-corrected chi connectivity index (χ4v) is 3.67. The molecule has 1 aromatic carbocycles. The monoisotopic (exact) mass is 374 g/mol. The first-order valence-electron chi connectivity index (χ1n) is 7.59. The Labute approximate surface area is 153 Å². The molecule has 2 heterocycles. The number of carbonyl (C=O) groups is 1. The molecule has 0 unspecified atom stereocenters. The van der Waals surface area contributed by atoms with Crippen LogP contribution in [-0.2, 0) is 4.79 Å². The van der Waals surface area contributed by atoms with Crippen molar-refractivity contribution in [2.45, 2.75) is 13.3 Å². The maximum Gasteiger partial charge on any atom is 0.269 e. The van der Waals surface area contributed by atoms with Gasteiger partial charge in [0.1, 0.15) is 15.8 Å². The number of non-ortho nitro benzene ring substituents is 1. The van der Waals surface area contributed by atoms with Crippen molar-refractivity contribution >= 4 is 46.0 Å². The SMILES string of the molecule is CCCN1C(=O)/C(=C\c2ccc(-c3ccc([N+](=O)[O-])cc3)o2)SC1=S. The number of nitro groups is 1. The van der Waals surface area contributed by atoms with E-state index in [-0.39, 0.29) is 11.6 Å². The summed E-state index contributed by atoms with van der Waals surface area (Å²) in [5.41, 5.74) is 0.749. The molecule has 1 aromatic heterocycles. The van der Waals surface area contributed by atoms with Crippen LogP contribution in [0.1, 0.15) is 19.1 Å². The molecular weight excluding hydrogens is 360 g/mol. The minimum atomic E-state index is -0.449. The van der Waals surface area contributed by atoms with Gasteiger partial charge in [0.05, 0.1) is 9.83 Å². The molecule has 1 amide bonds. The van der Waals surface area contributed by atoms with E-state index in [0.29, 0.717) is 27.3 Å². The van der Waals surface area contributed by atoms with E-state index >= 15 is 0 Å². The lowest BCUT2D eigenvalue weighted by Gasteiger charge is -2.11. The summed E-state index contributed by atoms with van der Waals surface area (Å²) in [4.78, 5) is 24.7. The highest BCUT2D eigenvalue weighted by molar-refractivity contribution is 8.26. The third-order valence-electron chi connectivity index (χ3n) is 3.58. The molecule has 6 nitrogen and oxygen atoms in total. The molecule has 0 N–H and O–H groups in total. The topological polar surface area (TPSA) is 76.6 Å². The van der Waals surface area contributed by atoms with E-state index in [9.17, 15) is 14.9 Å². The Morgan fingerprint density at radius 2 is 2.00 bits per heavy atom. The van der Waals surface area contributed by atoms with Gasteiger partial charge in [0.2, 0.25) is 0 Å². The number of thiocarbonyl (C=S) groups is 1. The Morgan fingerprint density at radius 1 is 1.28 bits per heavy atom. The second-order valence-electron chi connectivity index (χ2n) is 5.34. The van der Waals surface area contributed by atoms with Crippen LogP contribution in [0.15, 0.2) is 45.7 Å². The second kappa shape index (κ2) is 7.20. The summed E-state index contributed by atoms with van der Waals surface area (Å²) < 4.78 is 6.29. The number of amides is 1. The lowest BCUT2D eigenvalue weighted by molar-refractivity contribution is -0.384.